The summed E-state index contributed by atoms with van der Waals surface area (Å²) in [6.07, 6.45) is 3.90. The predicted molar refractivity (Wildman–Crippen MR) is 106 cm³/mol. The SMILES string of the molecule is CC(C)c1noc(-c2ccnc(N3CCOC4(CCc5ccccc54)C3)c2)n1. The van der Waals surface area contributed by atoms with Gasteiger partial charge in [-0.15, -0.1) is 0 Å². The van der Waals surface area contributed by atoms with Gasteiger partial charge in [-0.3, -0.25) is 0 Å². The number of anilines is 1. The molecule has 144 valence electrons. The van der Waals surface area contributed by atoms with Gasteiger partial charge in [0.15, 0.2) is 5.82 Å². The van der Waals surface area contributed by atoms with Gasteiger partial charge in [-0.25, -0.2) is 4.98 Å². The number of aromatic nitrogens is 3. The molecule has 5 rings (SSSR count). The van der Waals surface area contributed by atoms with Gasteiger partial charge in [0.2, 0.25) is 0 Å². The van der Waals surface area contributed by atoms with Crippen molar-refractivity contribution in [3.05, 3.63) is 59.5 Å². The molecular weight excluding hydrogens is 352 g/mol. The number of hydrogen-bond acceptors (Lipinski definition) is 6. The second-order valence-corrected chi connectivity index (χ2v) is 7.94. The first-order valence-corrected chi connectivity index (χ1v) is 9.92. The van der Waals surface area contributed by atoms with E-state index in [-0.39, 0.29) is 11.5 Å². The zero-order valence-electron chi connectivity index (χ0n) is 16.3. The van der Waals surface area contributed by atoms with Crippen molar-refractivity contribution in [2.75, 3.05) is 24.6 Å². The molecule has 2 aromatic heterocycles. The molecule has 1 atom stereocenters. The molecule has 6 heteroatoms. The summed E-state index contributed by atoms with van der Waals surface area (Å²) in [5.41, 5.74) is 3.39. The summed E-state index contributed by atoms with van der Waals surface area (Å²) < 4.78 is 11.8. The van der Waals surface area contributed by atoms with Crippen molar-refractivity contribution in [2.24, 2.45) is 0 Å². The van der Waals surface area contributed by atoms with Crippen LogP contribution in [0.25, 0.3) is 11.5 Å². The Morgan fingerprint density at radius 2 is 2.07 bits per heavy atom. The van der Waals surface area contributed by atoms with Crippen LogP contribution in [0.15, 0.2) is 47.1 Å². The van der Waals surface area contributed by atoms with E-state index in [1.54, 1.807) is 0 Å². The van der Waals surface area contributed by atoms with Gasteiger partial charge < -0.3 is 14.2 Å². The summed E-state index contributed by atoms with van der Waals surface area (Å²) in [6, 6.07) is 12.6. The van der Waals surface area contributed by atoms with Crippen molar-refractivity contribution in [2.45, 2.75) is 38.2 Å². The van der Waals surface area contributed by atoms with Crippen molar-refractivity contribution in [1.82, 2.24) is 15.1 Å². The largest absolute Gasteiger partial charge is 0.367 e. The van der Waals surface area contributed by atoms with E-state index in [1.165, 1.54) is 11.1 Å². The van der Waals surface area contributed by atoms with Gasteiger partial charge in [0, 0.05) is 24.2 Å². The normalized spacial score (nSPS) is 21.5. The number of hydrogen-bond donors (Lipinski definition) is 0. The van der Waals surface area contributed by atoms with E-state index < -0.39 is 0 Å². The highest BCUT2D eigenvalue weighted by Gasteiger charge is 2.43. The smallest absolute Gasteiger partial charge is 0.258 e. The first-order valence-electron chi connectivity index (χ1n) is 9.92. The first kappa shape index (κ1) is 17.4. The van der Waals surface area contributed by atoms with E-state index in [2.05, 4.69) is 58.1 Å². The predicted octanol–water partition coefficient (Wildman–Crippen LogP) is 3.93. The average molecular weight is 376 g/mol. The lowest BCUT2D eigenvalue weighted by Gasteiger charge is -2.41. The molecule has 0 N–H and O–H groups in total. The molecule has 2 aliphatic rings. The maximum absolute atomic E-state index is 6.34. The molecule has 28 heavy (non-hydrogen) atoms. The van der Waals surface area contributed by atoms with E-state index >= 15 is 0 Å². The minimum absolute atomic E-state index is 0.234. The van der Waals surface area contributed by atoms with Gasteiger partial charge in [0.25, 0.3) is 5.89 Å². The number of nitrogens with zero attached hydrogens (tertiary/aromatic N) is 4. The van der Waals surface area contributed by atoms with Crippen LogP contribution in [0.2, 0.25) is 0 Å². The van der Waals surface area contributed by atoms with Crippen LogP contribution in [0.1, 0.15) is 43.1 Å². The number of rotatable bonds is 3. The van der Waals surface area contributed by atoms with Gasteiger partial charge >= 0.3 is 0 Å². The molecule has 0 saturated carbocycles. The van der Waals surface area contributed by atoms with E-state index in [0.29, 0.717) is 12.5 Å². The molecule has 1 unspecified atom stereocenters. The molecule has 1 aromatic carbocycles. The van der Waals surface area contributed by atoms with Crippen molar-refractivity contribution in [3.63, 3.8) is 0 Å². The molecule has 0 bridgehead atoms. The van der Waals surface area contributed by atoms with E-state index in [0.717, 1.165) is 43.1 Å². The second-order valence-electron chi connectivity index (χ2n) is 7.94. The molecule has 1 aliphatic heterocycles. The third kappa shape index (κ3) is 2.88. The maximum Gasteiger partial charge on any atom is 0.258 e. The summed E-state index contributed by atoms with van der Waals surface area (Å²) in [5, 5.41) is 4.08. The number of ether oxygens (including phenoxy) is 1. The summed E-state index contributed by atoms with van der Waals surface area (Å²) in [5.74, 6) is 2.43. The summed E-state index contributed by atoms with van der Waals surface area (Å²) in [4.78, 5) is 11.5. The zero-order valence-corrected chi connectivity index (χ0v) is 16.3. The maximum atomic E-state index is 6.34. The molecule has 0 radical (unpaired) electrons. The van der Waals surface area contributed by atoms with Crippen LogP contribution in [0.5, 0.6) is 0 Å². The highest BCUT2D eigenvalue weighted by Crippen LogP contribution is 2.42. The number of pyridine rings is 1. The van der Waals surface area contributed by atoms with Crippen molar-refractivity contribution < 1.29 is 9.26 Å². The number of aryl methyl sites for hydroxylation is 1. The molecule has 3 aromatic rings. The van der Waals surface area contributed by atoms with Gasteiger partial charge in [-0.1, -0.05) is 43.3 Å². The Kier molecular flexibility index (Phi) is 4.16. The van der Waals surface area contributed by atoms with Gasteiger partial charge in [0.05, 0.1) is 13.2 Å². The first-order chi connectivity index (χ1) is 13.6. The van der Waals surface area contributed by atoms with Crippen LogP contribution in [-0.4, -0.2) is 34.8 Å². The topological polar surface area (TPSA) is 64.3 Å². The van der Waals surface area contributed by atoms with Crippen LogP contribution >= 0.6 is 0 Å². The highest BCUT2D eigenvalue weighted by atomic mass is 16.5. The quantitative estimate of drug-likeness (QED) is 0.690. The molecule has 3 heterocycles. The monoisotopic (exact) mass is 376 g/mol. The Labute approximate surface area is 164 Å². The van der Waals surface area contributed by atoms with Crippen LogP contribution < -0.4 is 4.90 Å². The molecular formula is C22H24N4O2. The Morgan fingerprint density at radius 1 is 1.18 bits per heavy atom. The van der Waals surface area contributed by atoms with E-state index in [9.17, 15) is 0 Å². The standard InChI is InChI=1S/C22H24N4O2/c1-15(2)20-24-21(28-25-20)17-8-10-23-19(13-17)26-11-12-27-22(14-26)9-7-16-5-3-4-6-18(16)22/h3-6,8,10,13,15H,7,9,11-12,14H2,1-2H3. The average Bonchev–Trinajstić information content (AvgIpc) is 3.35. The van der Waals surface area contributed by atoms with Gasteiger partial charge in [-0.2, -0.15) is 4.98 Å². The Bertz CT molecular complexity index is 995. The minimum atomic E-state index is -0.234. The molecule has 1 saturated heterocycles. The molecule has 6 nitrogen and oxygen atoms in total. The van der Waals surface area contributed by atoms with Crippen LogP contribution in [-0.2, 0) is 16.8 Å². The molecule has 1 spiro atoms. The Hall–Kier alpha value is -2.73. The molecule has 1 aliphatic carbocycles. The zero-order chi connectivity index (χ0) is 19.1. The van der Waals surface area contributed by atoms with Crippen molar-refractivity contribution in [3.8, 4) is 11.5 Å². The summed E-state index contributed by atoms with van der Waals surface area (Å²) in [7, 11) is 0. The fourth-order valence-corrected chi connectivity index (χ4v) is 4.26. The molecule has 0 amide bonds. The lowest BCUT2D eigenvalue weighted by atomic mass is 9.93. The van der Waals surface area contributed by atoms with Crippen LogP contribution in [0.3, 0.4) is 0 Å². The summed E-state index contributed by atoms with van der Waals surface area (Å²) in [6.45, 7) is 6.43. The lowest BCUT2D eigenvalue weighted by molar-refractivity contribution is -0.0594. The van der Waals surface area contributed by atoms with Gasteiger partial charge in [-0.05, 0) is 36.1 Å². The minimum Gasteiger partial charge on any atom is -0.367 e. The van der Waals surface area contributed by atoms with E-state index in [4.69, 9.17) is 9.26 Å². The fourth-order valence-electron chi connectivity index (χ4n) is 4.26. The lowest BCUT2D eigenvalue weighted by Crippen LogP contribution is -2.49. The van der Waals surface area contributed by atoms with Crippen LogP contribution in [0.4, 0.5) is 5.82 Å². The number of fused-ring (bicyclic) bond motifs is 2. The fraction of sp³-hybridized carbons (Fsp3) is 0.409. The Morgan fingerprint density at radius 3 is 2.93 bits per heavy atom. The number of morpholine rings is 1. The second kappa shape index (κ2) is 6.71. The van der Waals surface area contributed by atoms with E-state index in [1.807, 2.05) is 18.3 Å². The third-order valence-electron chi connectivity index (χ3n) is 5.77. The van der Waals surface area contributed by atoms with Crippen LogP contribution in [0, 0.1) is 0 Å². The third-order valence-corrected chi connectivity index (χ3v) is 5.77. The Balaban J connectivity index is 1.44. The van der Waals surface area contributed by atoms with Gasteiger partial charge in [0.1, 0.15) is 11.4 Å². The van der Waals surface area contributed by atoms with Crippen molar-refractivity contribution in [1.29, 1.82) is 0 Å². The number of benzene rings is 1. The summed E-state index contributed by atoms with van der Waals surface area (Å²) >= 11 is 0. The van der Waals surface area contributed by atoms with Crippen molar-refractivity contribution >= 4 is 5.82 Å². The molecule has 1 fully saturated rings. The highest BCUT2D eigenvalue weighted by molar-refractivity contribution is 5.59.